The largest absolute Gasteiger partial charge is 0.491 e. The summed E-state index contributed by atoms with van der Waals surface area (Å²) >= 11 is 0. The zero-order chi connectivity index (χ0) is 18.1. The molecule has 2 N–H and O–H groups in total. The fraction of sp³-hybridized carbons (Fsp3) is 0.650. The second-order valence-electron chi connectivity index (χ2n) is 7.25. The first-order valence-electron chi connectivity index (χ1n) is 9.22. The van der Waals surface area contributed by atoms with Gasteiger partial charge >= 0.3 is 0 Å². The van der Waals surface area contributed by atoms with E-state index in [9.17, 15) is 0 Å². The Labute approximate surface area is 175 Å². The maximum absolute atomic E-state index is 5.86. The highest BCUT2D eigenvalue weighted by Gasteiger charge is 2.28. The molecule has 0 atom stereocenters. The number of benzene rings is 1. The number of nitrogens with zero attached hydrogens (tertiary/aromatic N) is 1. The van der Waals surface area contributed by atoms with Crippen LogP contribution in [-0.2, 0) is 11.3 Å². The van der Waals surface area contributed by atoms with Gasteiger partial charge < -0.3 is 20.1 Å². The lowest BCUT2D eigenvalue weighted by molar-refractivity contribution is 0.145. The zero-order valence-electron chi connectivity index (χ0n) is 16.6. The molecule has 0 spiro atoms. The Morgan fingerprint density at radius 1 is 1.19 bits per heavy atom. The molecule has 0 radical (unpaired) electrons. The van der Waals surface area contributed by atoms with Gasteiger partial charge in [0.2, 0.25) is 0 Å². The molecule has 1 fully saturated rings. The molecule has 2 rings (SSSR count). The van der Waals surface area contributed by atoms with E-state index in [1.54, 1.807) is 7.11 Å². The summed E-state index contributed by atoms with van der Waals surface area (Å²) in [6, 6.07) is 6.29. The number of hydrogen-bond donors (Lipinski definition) is 2. The van der Waals surface area contributed by atoms with Gasteiger partial charge in [-0.15, -0.1) is 24.0 Å². The standard InChI is InChI=1S/C20H33N3O2.HI/c1-16-7-8-17(18(13-16)25-12-11-24-4)14-22-19(21-3)23-15-20(2)9-5-6-10-20;/h7-8,13H,5-6,9-12,14-15H2,1-4H3,(H2,21,22,23);1H. The van der Waals surface area contributed by atoms with E-state index >= 15 is 0 Å². The predicted octanol–water partition coefficient (Wildman–Crippen LogP) is 3.88. The summed E-state index contributed by atoms with van der Waals surface area (Å²) in [7, 11) is 3.50. The van der Waals surface area contributed by atoms with Gasteiger partial charge in [0.15, 0.2) is 5.96 Å². The molecule has 1 saturated carbocycles. The molecule has 1 aromatic carbocycles. The number of aliphatic imine (C=N–C) groups is 1. The van der Waals surface area contributed by atoms with Gasteiger partial charge in [-0.1, -0.05) is 31.9 Å². The first kappa shape index (κ1) is 23.0. The van der Waals surface area contributed by atoms with Crippen LogP contribution in [0.5, 0.6) is 5.75 Å². The number of aryl methyl sites for hydroxylation is 1. The molecule has 148 valence electrons. The zero-order valence-corrected chi connectivity index (χ0v) is 18.9. The molecule has 5 nitrogen and oxygen atoms in total. The van der Waals surface area contributed by atoms with E-state index < -0.39 is 0 Å². The summed E-state index contributed by atoms with van der Waals surface area (Å²) in [5.41, 5.74) is 2.71. The predicted molar refractivity (Wildman–Crippen MR) is 119 cm³/mol. The van der Waals surface area contributed by atoms with Crippen molar-refractivity contribution in [3.63, 3.8) is 0 Å². The van der Waals surface area contributed by atoms with Crippen molar-refractivity contribution in [2.45, 2.75) is 46.1 Å². The molecule has 1 aromatic rings. The van der Waals surface area contributed by atoms with Gasteiger partial charge in [-0.2, -0.15) is 0 Å². The SMILES string of the molecule is CN=C(NCc1ccc(C)cc1OCCOC)NCC1(C)CCCC1.I. The highest BCUT2D eigenvalue weighted by atomic mass is 127. The maximum atomic E-state index is 5.86. The fourth-order valence-electron chi connectivity index (χ4n) is 3.28. The molecule has 6 heteroatoms. The van der Waals surface area contributed by atoms with Crippen LogP contribution in [0.2, 0.25) is 0 Å². The van der Waals surface area contributed by atoms with Crippen LogP contribution in [0.15, 0.2) is 23.2 Å². The Hall–Kier alpha value is -1.02. The lowest BCUT2D eigenvalue weighted by Gasteiger charge is -2.25. The van der Waals surface area contributed by atoms with E-state index in [2.05, 4.69) is 47.7 Å². The van der Waals surface area contributed by atoms with Gasteiger partial charge in [0.05, 0.1) is 6.61 Å². The van der Waals surface area contributed by atoms with Gasteiger partial charge in [-0.05, 0) is 36.8 Å². The fourth-order valence-corrected chi connectivity index (χ4v) is 3.28. The van der Waals surface area contributed by atoms with Crippen LogP contribution in [0.25, 0.3) is 0 Å². The number of halogens is 1. The van der Waals surface area contributed by atoms with E-state index in [1.807, 2.05) is 7.05 Å². The maximum Gasteiger partial charge on any atom is 0.191 e. The van der Waals surface area contributed by atoms with Crippen molar-refractivity contribution in [3.05, 3.63) is 29.3 Å². The number of nitrogens with one attached hydrogen (secondary N) is 2. The molecule has 26 heavy (non-hydrogen) atoms. The molecular weight excluding hydrogens is 441 g/mol. The minimum atomic E-state index is 0. The normalized spacial score (nSPS) is 16.1. The number of ether oxygens (including phenoxy) is 2. The van der Waals surface area contributed by atoms with Crippen LogP contribution in [0.4, 0.5) is 0 Å². The average Bonchev–Trinajstić information content (AvgIpc) is 3.03. The summed E-state index contributed by atoms with van der Waals surface area (Å²) < 4.78 is 10.9. The summed E-state index contributed by atoms with van der Waals surface area (Å²) in [5, 5.41) is 6.89. The van der Waals surface area contributed by atoms with Crippen molar-refractivity contribution in [3.8, 4) is 5.75 Å². The van der Waals surface area contributed by atoms with Gasteiger partial charge in [0.1, 0.15) is 12.4 Å². The molecule has 0 heterocycles. The molecule has 0 bridgehead atoms. The Balaban J connectivity index is 0.00000338. The molecule has 0 amide bonds. The summed E-state index contributed by atoms with van der Waals surface area (Å²) in [6.45, 7) is 7.23. The second-order valence-corrected chi connectivity index (χ2v) is 7.25. The van der Waals surface area contributed by atoms with E-state index in [0.29, 0.717) is 25.2 Å². The van der Waals surface area contributed by atoms with Gasteiger partial charge in [0, 0.05) is 32.8 Å². The van der Waals surface area contributed by atoms with Crippen LogP contribution in [0.3, 0.4) is 0 Å². The van der Waals surface area contributed by atoms with Crippen molar-refractivity contribution in [2.75, 3.05) is 33.9 Å². The summed E-state index contributed by atoms with van der Waals surface area (Å²) in [5.74, 6) is 1.75. The van der Waals surface area contributed by atoms with Gasteiger partial charge in [-0.3, -0.25) is 4.99 Å². The Morgan fingerprint density at radius 2 is 1.92 bits per heavy atom. The minimum Gasteiger partial charge on any atom is -0.491 e. The Bertz CT molecular complexity index is 572. The third kappa shape index (κ3) is 7.31. The second kappa shape index (κ2) is 11.6. The third-order valence-corrected chi connectivity index (χ3v) is 4.93. The van der Waals surface area contributed by atoms with Gasteiger partial charge in [0.25, 0.3) is 0 Å². The van der Waals surface area contributed by atoms with Crippen LogP contribution in [0, 0.1) is 12.3 Å². The Morgan fingerprint density at radius 3 is 2.58 bits per heavy atom. The van der Waals surface area contributed by atoms with Crippen LogP contribution in [0.1, 0.15) is 43.7 Å². The summed E-state index contributed by atoms with van der Waals surface area (Å²) in [4.78, 5) is 4.35. The van der Waals surface area contributed by atoms with Crippen molar-refractivity contribution in [2.24, 2.45) is 10.4 Å². The molecule has 0 saturated heterocycles. The lowest BCUT2D eigenvalue weighted by atomic mass is 9.89. The molecular formula is C20H34IN3O2. The quantitative estimate of drug-likeness (QED) is 0.259. The van der Waals surface area contributed by atoms with Crippen LogP contribution >= 0.6 is 24.0 Å². The minimum absolute atomic E-state index is 0. The number of methoxy groups -OCH3 is 1. The van der Waals surface area contributed by atoms with E-state index in [0.717, 1.165) is 23.8 Å². The van der Waals surface area contributed by atoms with Crippen LogP contribution in [-0.4, -0.2) is 39.9 Å². The third-order valence-electron chi connectivity index (χ3n) is 4.93. The first-order chi connectivity index (χ1) is 12.1. The monoisotopic (exact) mass is 475 g/mol. The molecule has 0 aromatic heterocycles. The van der Waals surface area contributed by atoms with Crippen molar-refractivity contribution >= 4 is 29.9 Å². The summed E-state index contributed by atoms with van der Waals surface area (Å²) in [6.07, 6.45) is 5.28. The molecule has 0 unspecified atom stereocenters. The molecule has 0 aliphatic heterocycles. The topological polar surface area (TPSA) is 54.9 Å². The van der Waals surface area contributed by atoms with E-state index in [-0.39, 0.29) is 24.0 Å². The average molecular weight is 475 g/mol. The van der Waals surface area contributed by atoms with Crippen LogP contribution < -0.4 is 15.4 Å². The molecule has 1 aliphatic carbocycles. The number of guanidine groups is 1. The van der Waals surface area contributed by atoms with E-state index in [4.69, 9.17) is 9.47 Å². The number of rotatable bonds is 8. The lowest BCUT2D eigenvalue weighted by Crippen LogP contribution is -2.41. The Kier molecular flexibility index (Phi) is 10.3. The molecule has 1 aliphatic rings. The van der Waals surface area contributed by atoms with Crippen molar-refractivity contribution in [1.29, 1.82) is 0 Å². The van der Waals surface area contributed by atoms with E-state index in [1.165, 1.54) is 31.2 Å². The van der Waals surface area contributed by atoms with Crippen molar-refractivity contribution < 1.29 is 9.47 Å². The first-order valence-corrected chi connectivity index (χ1v) is 9.22. The van der Waals surface area contributed by atoms with Crippen molar-refractivity contribution in [1.82, 2.24) is 10.6 Å². The number of hydrogen-bond acceptors (Lipinski definition) is 3. The van der Waals surface area contributed by atoms with Gasteiger partial charge in [-0.25, -0.2) is 0 Å². The smallest absolute Gasteiger partial charge is 0.191 e. The highest BCUT2D eigenvalue weighted by molar-refractivity contribution is 14.0. The highest BCUT2D eigenvalue weighted by Crippen LogP contribution is 2.36.